The smallest absolute Gasteiger partial charge is 0.251 e. The van der Waals surface area contributed by atoms with E-state index in [9.17, 15) is 20.1 Å². The molecule has 0 aliphatic rings. The monoisotopic (exact) mass is 293 g/mol. The number of carbonyl (C=O) groups excluding carboxylic acids is 1. The molecule has 0 aromatic carbocycles. The SMILES string of the molecule is CCCCCCCNC(=O)[C@@H](O)[C@H](O)[C@@H](O)[C@@H](O)CO. The fraction of sp³-hybridized carbons (Fsp3) is 0.923. The predicted octanol–water partition coefficient (Wildman–Crippen LogP) is -1.49. The van der Waals surface area contributed by atoms with Gasteiger partial charge in [0, 0.05) is 6.54 Å². The molecular formula is C13H27NO6. The normalized spacial score (nSPS) is 17.3. The Bertz CT molecular complexity index is 263. The van der Waals surface area contributed by atoms with Crippen LogP contribution >= 0.6 is 0 Å². The van der Waals surface area contributed by atoms with Crippen LogP contribution in [0.2, 0.25) is 0 Å². The molecular weight excluding hydrogens is 266 g/mol. The standard InChI is InChI=1S/C13H27NO6/c1-2-3-4-5-6-7-14-13(20)12(19)11(18)10(17)9(16)8-15/h9-12,15-19H,2-8H2,1H3,(H,14,20)/t9-,10-,11+,12-/m0/s1. The van der Waals surface area contributed by atoms with Gasteiger partial charge in [0.15, 0.2) is 6.10 Å². The van der Waals surface area contributed by atoms with E-state index in [1.165, 1.54) is 0 Å². The van der Waals surface area contributed by atoms with Crippen LogP contribution in [0, 0.1) is 0 Å². The topological polar surface area (TPSA) is 130 Å². The number of amides is 1. The summed E-state index contributed by atoms with van der Waals surface area (Å²) in [4.78, 5) is 11.5. The van der Waals surface area contributed by atoms with Crippen LogP contribution in [0.4, 0.5) is 0 Å². The van der Waals surface area contributed by atoms with Gasteiger partial charge in [-0.2, -0.15) is 0 Å². The lowest BCUT2D eigenvalue weighted by Gasteiger charge is -2.24. The first-order chi connectivity index (χ1) is 9.45. The van der Waals surface area contributed by atoms with Gasteiger partial charge in [-0.25, -0.2) is 0 Å². The Balaban J connectivity index is 3.96. The zero-order valence-electron chi connectivity index (χ0n) is 11.9. The summed E-state index contributed by atoms with van der Waals surface area (Å²) < 4.78 is 0. The number of aliphatic hydroxyl groups excluding tert-OH is 5. The molecule has 0 radical (unpaired) electrons. The lowest BCUT2D eigenvalue weighted by molar-refractivity contribution is -0.148. The van der Waals surface area contributed by atoms with Gasteiger partial charge < -0.3 is 30.8 Å². The first-order valence-electron chi connectivity index (χ1n) is 7.06. The summed E-state index contributed by atoms with van der Waals surface area (Å²) in [5, 5.41) is 48.6. The van der Waals surface area contributed by atoms with Gasteiger partial charge in [-0.3, -0.25) is 4.79 Å². The number of hydrogen-bond acceptors (Lipinski definition) is 6. The summed E-state index contributed by atoms with van der Waals surface area (Å²) >= 11 is 0. The minimum atomic E-state index is -1.85. The first kappa shape index (κ1) is 19.3. The number of rotatable bonds is 11. The molecule has 0 aliphatic heterocycles. The number of unbranched alkanes of at least 4 members (excludes halogenated alkanes) is 4. The third-order valence-corrected chi connectivity index (χ3v) is 3.10. The minimum absolute atomic E-state index is 0.380. The number of carbonyl (C=O) groups is 1. The second-order valence-corrected chi connectivity index (χ2v) is 4.88. The molecule has 120 valence electrons. The van der Waals surface area contributed by atoms with Crippen LogP contribution in [0.3, 0.4) is 0 Å². The molecule has 0 fully saturated rings. The van der Waals surface area contributed by atoms with Gasteiger partial charge in [0.25, 0.3) is 5.91 Å². The zero-order valence-corrected chi connectivity index (χ0v) is 11.9. The summed E-state index contributed by atoms with van der Waals surface area (Å²) in [6, 6.07) is 0. The lowest BCUT2D eigenvalue weighted by Crippen LogP contribution is -2.51. The highest BCUT2D eigenvalue weighted by Gasteiger charge is 2.33. The quantitative estimate of drug-likeness (QED) is 0.257. The van der Waals surface area contributed by atoms with E-state index in [1.807, 2.05) is 0 Å². The predicted molar refractivity (Wildman–Crippen MR) is 72.9 cm³/mol. The third-order valence-electron chi connectivity index (χ3n) is 3.10. The molecule has 20 heavy (non-hydrogen) atoms. The fourth-order valence-corrected chi connectivity index (χ4v) is 1.72. The van der Waals surface area contributed by atoms with E-state index in [-0.39, 0.29) is 0 Å². The molecule has 4 atom stereocenters. The number of hydrogen-bond donors (Lipinski definition) is 6. The average Bonchev–Trinajstić information content (AvgIpc) is 2.47. The van der Waals surface area contributed by atoms with E-state index in [4.69, 9.17) is 10.2 Å². The van der Waals surface area contributed by atoms with Gasteiger partial charge in [-0.15, -0.1) is 0 Å². The zero-order chi connectivity index (χ0) is 15.5. The van der Waals surface area contributed by atoms with Crippen molar-refractivity contribution < 1.29 is 30.3 Å². The minimum Gasteiger partial charge on any atom is -0.394 e. The van der Waals surface area contributed by atoms with Crippen LogP contribution < -0.4 is 5.32 Å². The molecule has 7 heteroatoms. The summed E-state index contributed by atoms with van der Waals surface area (Å²) in [6.45, 7) is 1.71. The Hall–Kier alpha value is -0.730. The lowest BCUT2D eigenvalue weighted by atomic mass is 10.0. The summed E-state index contributed by atoms with van der Waals surface area (Å²) in [6.07, 6.45) is -2.00. The van der Waals surface area contributed by atoms with Crippen molar-refractivity contribution in [1.29, 1.82) is 0 Å². The summed E-state index contributed by atoms with van der Waals surface area (Å²) in [7, 11) is 0. The van der Waals surface area contributed by atoms with E-state index in [0.717, 1.165) is 32.1 Å². The Morgan fingerprint density at radius 2 is 1.60 bits per heavy atom. The summed E-state index contributed by atoms with van der Waals surface area (Å²) in [5.41, 5.74) is 0. The molecule has 0 unspecified atom stereocenters. The highest BCUT2D eigenvalue weighted by Crippen LogP contribution is 2.06. The van der Waals surface area contributed by atoms with Crippen molar-refractivity contribution in [2.75, 3.05) is 13.2 Å². The first-order valence-corrected chi connectivity index (χ1v) is 7.06. The maximum absolute atomic E-state index is 11.5. The van der Waals surface area contributed by atoms with Crippen LogP contribution in [0.25, 0.3) is 0 Å². The van der Waals surface area contributed by atoms with Crippen molar-refractivity contribution in [2.45, 2.75) is 63.4 Å². The van der Waals surface area contributed by atoms with E-state index in [2.05, 4.69) is 12.2 Å². The maximum atomic E-state index is 11.5. The van der Waals surface area contributed by atoms with Crippen molar-refractivity contribution in [3.63, 3.8) is 0 Å². The molecule has 7 nitrogen and oxygen atoms in total. The van der Waals surface area contributed by atoms with Crippen LogP contribution in [-0.2, 0) is 4.79 Å². The largest absolute Gasteiger partial charge is 0.394 e. The van der Waals surface area contributed by atoms with Gasteiger partial charge in [-0.1, -0.05) is 32.6 Å². The molecule has 0 bridgehead atoms. The van der Waals surface area contributed by atoms with E-state index >= 15 is 0 Å². The molecule has 0 aliphatic carbocycles. The van der Waals surface area contributed by atoms with Crippen LogP contribution in [0.1, 0.15) is 39.0 Å². The molecule has 6 N–H and O–H groups in total. The maximum Gasteiger partial charge on any atom is 0.251 e. The Morgan fingerprint density at radius 1 is 1.00 bits per heavy atom. The fourth-order valence-electron chi connectivity index (χ4n) is 1.72. The van der Waals surface area contributed by atoms with Gasteiger partial charge in [0.1, 0.15) is 18.3 Å². The molecule has 0 heterocycles. The van der Waals surface area contributed by atoms with Gasteiger partial charge in [-0.05, 0) is 6.42 Å². The van der Waals surface area contributed by atoms with Crippen molar-refractivity contribution in [2.24, 2.45) is 0 Å². The Labute approximate surface area is 119 Å². The second-order valence-electron chi connectivity index (χ2n) is 4.88. The number of nitrogens with one attached hydrogen (secondary N) is 1. The molecule has 0 aromatic rings. The van der Waals surface area contributed by atoms with Crippen molar-refractivity contribution in [1.82, 2.24) is 5.32 Å². The molecule has 0 saturated carbocycles. The van der Waals surface area contributed by atoms with Crippen LogP contribution in [-0.4, -0.2) is 69.0 Å². The summed E-state index contributed by atoms with van der Waals surface area (Å²) in [5.74, 6) is -0.808. The van der Waals surface area contributed by atoms with Crippen molar-refractivity contribution in [3.05, 3.63) is 0 Å². The Morgan fingerprint density at radius 3 is 2.15 bits per heavy atom. The molecule has 0 aromatic heterocycles. The highest BCUT2D eigenvalue weighted by atomic mass is 16.4. The van der Waals surface area contributed by atoms with Gasteiger partial charge in [0.2, 0.25) is 0 Å². The van der Waals surface area contributed by atoms with E-state index in [1.54, 1.807) is 0 Å². The third kappa shape index (κ3) is 7.16. The highest BCUT2D eigenvalue weighted by molar-refractivity contribution is 5.81. The number of aliphatic hydroxyl groups is 5. The average molecular weight is 293 g/mol. The molecule has 1 amide bonds. The van der Waals surface area contributed by atoms with E-state index in [0.29, 0.717) is 6.54 Å². The molecule has 0 rings (SSSR count). The second kappa shape index (κ2) is 11.0. The Kier molecular flexibility index (Phi) is 10.6. The van der Waals surface area contributed by atoms with Crippen molar-refractivity contribution >= 4 is 5.91 Å². The van der Waals surface area contributed by atoms with Crippen LogP contribution in [0.15, 0.2) is 0 Å². The van der Waals surface area contributed by atoms with Crippen LogP contribution in [0.5, 0.6) is 0 Å². The molecule has 0 saturated heterocycles. The van der Waals surface area contributed by atoms with Crippen molar-refractivity contribution in [3.8, 4) is 0 Å². The molecule has 0 spiro atoms. The van der Waals surface area contributed by atoms with E-state index < -0.39 is 36.9 Å². The van der Waals surface area contributed by atoms with Gasteiger partial charge in [0.05, 0.1) is 6.61 Å². The van der Waals surface area contributed by atoms with Gasteiger partial charge >= 0.3 is 0 Å².